The van der Waals surface area contributed by atoms with Crippen LogP contribution in [-0.2, 0) is 9.53 Å². The van der Waals surface area contributed by atoms with Crippen LogP contribution in [0.4, 0.5) is 0 Å². The molecule has 2 heteroatoms. The third-order valence-electron chi connectivity index (χ3n) is 2.23. The average molecular weight is 154 g/mol. The first-order chi connectivity index (χ1) is 5.25. The molecule has 0 saturated carbocycles. The lowest BCUT2D eigenvalue weighted by molar-refractivity contribution is -0.155. The van der Waals surface area contributed by atoms with Gasteiger partial charge in [0.2, 0.25) is 0 Å². The van der Waals surface area contributed by atoms with Gasteiger partial charge in [-0.15, -0.1) is 6.58 Å². The van der Waals surface area contributed by atoms with Gasteiger partial charge in [0.1, 0.15) is 0 Å². The Kier molecular flexibility index (Phi) is 2.69. The Bertz CT molecular complexity index is 163. The second-order valence-corrected chi connectivity index (χ2v) is 3.06. The van der Waals surface area contributed by atoms with Crippen molar-refractivity contribution in [3.63, 3.8) is 0 Å². The standard InChI is InChI=1S/C9H14O2/c1-3-4-8-7(2)5-6-11-9(8)10/h3,7-8H,1,4-6H2,2H3/t7-,8+/m1/s1. The second-order valence-electron chi connectivity index (χ2n) is 3.06. The summed E-state index contributed by atoms with van der Waals surface area (Å²) >= 11 is 0. The van der Waals surface area contributed by atoms with E-state index in [9.17, 15) is 4.79 Å². The molecule has 1 heterocycles. The fourth-order valence-electron chi connectivity index (χ4n) is 1.39. The number of rotatable bonds is 2. The van der Waals surface area contributed by atoms with E-state index in [1.54, 1.807) is 6.08 Å². The van der Waals surface area contributed by atoms with Crippen LogP contribution in [0, 0.1) is 11.8 Å². The van der Waals surface area contributed by atoms with Crippen molar-refractivity contribution in [1.29, 1.82) is 0 Å². The van der Waals surface area contributed by atoms with Crippen molar-refractivity contribution in [2.24, 2.45) is 11.8 Å². The van der Waals surface area contributed by atoms with E-state index in [0.717, 1.165) is 12.8 Å². The van der Waals surface area contributed by atoms with Gasteiger partial charge in [-0.3, -0.25) is 4.79 Å². The van der Waals surface area contributed by atoms with E-state index in [1.807, 2.05) is 0 Å². The minimum atomic E-state index is -0.0522. The van der Waals surface area contributed by atoms with Crippen LogP contribution in [0.25, 0.3) is 0 Å². The van der Waals surface area contributed by atoms with Crippen molar-refractivity contribution in [3.8, 4) is 0 Å². The topological polar surface area (TPSA) is 26.3 Å². The van der Waals surface area contributed by atoms with Gasteiger partial charge in [-0.1, -0.05) is 13.0 Å². The number of carbonyl (C=O) groups excluding carboxylic acids is 1. The maximum Gasteiger partial charge on any atom is 0.309 e. The first kappa shape index (κ1) is 8.31. The Morgan fingerprint density at radius 1 is 1.82 bits per heavy atom. The summed E-state index contributed by atoms with van der Waals surface area (Å²) in [5, 5.41) is 0. The lowest BCUT2D eigenvalue weighted by Crippen LogP contribution is -2.30. The van der Waals surface area contributed by atoms with Gasteiger partial charge in [0, 0.05) is 0 Å². The summed E-state index contributed by atoms with van der Waals surface area (Å²) in [6.07, 6.45) is 3.53. The lowest BCUT2D eigenvalue weighted by atomic mass is 9.87. The maximum atomic E-state index is 11.1. The van der Waals surface area contributed by atoms with Gasteiger partial charge < -0.3 is 4.74 Å². The number of ether oxygens (including phenoxy) is 1. The minimum Gasteiger partial charge on any atom is -0.465 e. The third kappa shape index (κ3) is 1.82. The van der Waals surface area contributed by atoms with E-state index in [4.69, 9.17) is 4.74 Å². The molecule has 0 radical (unpaired) electrons. The molecular formula is C9H14O2. The highest BCUT2D eigenvalue weighted by Gasteiger charge is 2.28. The van der Waals surface area contributed by atoms with E-state index in [-0.39, 0.29) is 11.9 Å². The van der Waals surface area contributed by atoms with E-state index >= 15 is 0 Å². The molecular weight excluding hydrogens is 140 g/mol. The molecule has 2 nitrogen and oxygen atoms in total. The highest BCUT2D eigenvalue weighted by Crippen LogP contribution is 2.25. The fourth-order valence-corrected chi connectivity index (χ4v) is 1.39. The predicted molar refractivity (Wildman–Crippen MR) is 43.0 cm³/mol. The number of hydrogen-bond donors (Lipinski definition) is 0. The predicted octanol–water partition coefficient (Wildman–Crippen LogP) is 1.76. The summed E-state index contributed by atoms with van der Waals surface area (Å²) in [5.41, 5.74) is 0. The Hall–Kier alpha value is -0.790. The Labute approximate surface area is 67.2 Å². The molecule has 0 N–H and O–H groups in total. The number of allylic oxidation sites excluding steroid dienone is 1. The number of cyclic esters (lactones) is 1. The van der Waals surface area contributed by atoms with Crippen LogP contribution >= 0.6 is 0 Å². The molecule has 2 atom stereocenters. The van der Waals surface area contributed by atoms with Gasteiger partial charge in [0.05, 0.1) is 12.5 Å². The number of esters is 1. The average Bonchev–Trinajstić information content (AvgIpc) is 1.97. The zero-order valence-corrected chi connectivity index (χ0v) is 6.88. The highest BCUT2D eigenvalue weighted by molar-refractivity contribution is 5.73. The molecule has 0 spiro atoms. The van der Waals surface area contributed by atoms with Gasteiger partial charge in [-0.2, -0.15) is 0 Å². The van der Waals surface area contributed by atoms with E-state index < -0.39 is 0 Å². The van der Waals surface area contributed by atoms with Crippen molar-refractivity contribution in [1.82, 2.24) is 0 Å². The molecule has 62 valence electrons. The number of hydrogen-bond acceptors (Lipinski definition) is 2. The summed E-state index contributed by atoms with van der Waals surface area (Å²) in [6, 6.07) is 0. The molecule has 0 aromatic heterocycles. The molecule has 0 unspecified atom stereocenters. The monoisotopic (exact) mass is 154 g/mol. The normalized spacial score (nSPS) is 31.2. The van der Waals surface area contributed by atoms with Crippen LogP contribution in [0.2, 0.25) is 0 Å². The van der Waals surface area contributed by atoms with E-state index in [0.29, 0.717) is 12.5 Å². The summed E-state index contributed by atoms with van der Waals surface area (Å²) in [6.45, 7) is 6.30. The Morgan fingerprint density at radius 3 is 3.09 bits per heavy atom. The van der Waals surface area contributed by atoms with Crippen molar-refractivity contribution < 1.29 is 9.53 Å². The quantitative estimate of drug-likeness (QED) is 0.447. The maximum absolute atomic E-state index is 11.1. The lowest BCUT2D eigenvalue weighted by Gasteiger charge is -2.26. The van der Waals surface area contributed by atoms with Crippen LogP contribution in [0.1, 0.15) is 19.8 Å². The molecule has 1 saturated heterocycles. The second kappa shape index (κ2) is 3.56. The van der Waals surface area contributed by atoms with Crippen LogP contribution in [-0.4, -0.2) is 12.6 Å². The van der Waals surface area contributed by atoms with Gasteiger partial charge in [-0.05, 0) is 18.8 Å². The molecule has 1 aliphatic heterocycles. The van der Waals surface area contributed by atoms with E-state index in [2.05, 4.69) is 13.5 Å². The molecule has 1 aliphatic rings. The summed E-state index contributed by atoms with van der Waals surface area (Å²) < 4.78 is 4.93. The largest absolute Gasteiger partial charge is 0.465 e. The van der Waals surface area contributed by atoms with Crippen LogP contribution < -0.4 is 0 Å². The molecule has 0 aromatic rings. The van der Waals surface area contributed by atoms with Crippen LogP contribution in [0.5, 0.6) is 0 Å². The zero-order valence-electron chi connectivity index (χ0n) is 6.88. The smallest absolute Gasteiger partial charge is 0.309 e. The van der Waals surface area contributed by atoms with Crippen LogP contribution in [0.3, 0.4) is 0 Å². The van der Waals surface area contributed by atoms with Crippen molar-refractivity contribution in [3.05, 3.63) is 12.7 Å². The Morgan fingerprint density at radius 2 is 2.55 bits per heavy atom. The first-order valence-electron chi connectivity index (χ1n) is 4.03. The number of carbonyl (C=O) groups is 1. The van der Waals surface area contributed by atoms with Gasteiger partial charge >= 0.3 is 5.97 Å². The molecule has 0 bridgehead atoms. The van der Waals surface area contributed by atoms with E-state index in [1.165, 1.54) is 0 Å². The first-order valence-corrected chi connectivity index (χ1v) is 4.03. The highest BCUT2D eigenvalue weighted by atomic mass is 16.5. The Balaban J connectivity index is 2.54. The third-order valence-corrected chi connectivity index (χ3v) is 2.23. The fraction of sp³-hybridized carbons (Fsp3) is 0.667. The molecule has 1 rings (SSSR count). The van der Waals surface area contributed by atoms with Gasteiger partial charge in [0.25, 0.3) is 0 Å². The van der Waals surface area contributed by atoms with Crippen molar-refractivity contribution in [2.75, 3.05) is 6.61 Å². The molecule has 0 aliphatic carbocycles. The molecule has 11 heavy (non-hydrogen) atoms. The SMILES string of the molecule is C=CC[C@@H]1C(=O)OCC[C@H]1C. The van der Waals surface area contributed by atoms with Crippen molar-refractivity contribution >= 4 is 5.97 Å². The molecule has 1 fully saturated rings. The van der Waals surface area contributed by atoms with Gasteiger partial charge in [-0.25, -0.2) is 0 Å². The summed E-state index contributed by atoms with van der Waals surface area (Å²) in [7, 11) is 0. The molecule has 0 amide bonds. The van der Waals surface area contributed by atoms with Crippen molar-refractivity contribution in [2.45, 2.75) is 19.8 Å². The van der Waals surface area contributed by atoms with Gasteiger partial charge in [0.15, 0.2) is 0 Å². The summed E-state index contributed by atoms with van der Waals surface area (Å²) in [4.78, 5) is 11.1. The minimum absolute atomic E-state index is 0.0522. The molecule has 0 aromatic carbocycles. The van der Waals surface area contributed by atoms with Crippen LogP contribution in [0.15, 0.2) is 12.7 Å². The zero-order chi connectivity index (χ0) is 8.27. The summed E-state index contributed by atoms with van der Waals surface area (Å²) in [5.74, 6) is 0.458.